The Morgan fingerprint density at radius 1 is 1.45 bits per heavy atom. The largest absolute Gasteiger partial charge is 0.503 e. The molecule has 0 aromatic heterocycles. The van der Waals surface area contributed by atoms with E-state index < -0.39 is 11.7 Å². The summed E-state index contributed by atoms with van der Waals surface area (Å²) < 4.78 is 10.4. The van der Waals surface area contributed by atoms with Crippen molar-refractivity contribution in [3.63, 3.8) is 0 Å². The molecule has 0 heterocycles. The highest BCUT2D eigenvalue weighted by Gasteiger charge is 2.38. The van der Waals surface area contributed by atoms with Gasteiger partial charge in [-0.15, -0.1) is 0 Å². The number of nitrogens with two attached hydrogens (primary N) is 1. The van der Waals surface area contributed by atoms with Gasteiger partial charge in [-0.2, -0.15) is 0 Å². The van der Waals surface area contributed by atoms with Gasteiger partial charge in [0.25, 0.3) is 0 Å². The first-order valence-corrected chi connectivity index (χ1v) is 7.36. The molecule has 2 atom stereocenters. The first kappa shape index (κ1) is 16.4. The van der Waals surface area contributed by atoms with Crippen molar-refractivity contribution in [1.82, 2.24) is 0 Å². The van der Waals surface area contributed by atoms with Gasteiger partial charge in [0.15, 0.2) is 11.5 Å². The minimum Gasteiger partial charge on any atom is -0.503 e. The number of phenols is 1. The van der Waals surface area contributed by atoms with Gasteiger partial charge >= 0.3 is 6.09 Å². The van der Waals surface area contributed by atoms with E-state index in [1.165, 1.54) is 7.11 Å². The Bertz CT molecular complexity index is 566. The van der Waals surface area contributed by atoms with Crippen molar-refractivity contribution in [3.8, 4) is 11.5 Å². The molecule has 2 rings (SSSR count). The van der Waals surface area contributed by atoms with Gasteiger partial charge in [-0.3, -0.25) is 5.32 Å². The van der Waals surface area contributed by atoms with Crippen molar-refractivity contribution in [2.75, 3.05) is 19.0 Å². The molecule has 6 nitrogen and oxygen atoms in total. The molecule has 6 heteroatoms. The van der Waals surface area contributed by atoms with E-state index in [0.717, 1.165) is 12.0 Å². The van der Waals surface area contributed by atoms with Crippen LogP contribution in [0.4, 0.5) is 10.5 Å². The molecular weight excluding hydrogens is 284 g/mol. The Morgan fingerprint density at radius 2 is 2.14 bits per heavy atom. The molecule has 22 heavy (non-hydrogen) atoms. The summed E-state index contributed by atoms with van der Waals surface area (Å²) in [5.41, 5.74) is 6.35. The molecule has 4 N–H and O–H groups in total. The fraction of sp³-hybridized carbons (Fsp3) is 0.562. The van der Waals surface area contributed by atoms with Gasteiger partial charge in [0.1, 0.15) is 5.60 Å². The predicted octanol–water partition coefficient (Wildman–Crippen LogP) is 2.81. The molecule has 1 saturated carbocycles. The topological polar surface area (TPSA) is 93.8 Å². The number of rotatable bonds is 4. The number of methoxy groups -OCH3 is 1. The molecule has 0 spiro atoms. The molecule has 122 valence electrons. The summed E-state index contributed by atoms with van der Waals surface area (Å²) in [6.07, 6.45) is 0.393. The lowest BCUT2D eigenvalue weighted by Crippen LogP contribution is -2.27. The van der Waals surface area contributed by atoms with Gasteiger partial charge in [0, 0.05) is 0 Å². The molecular formula is C16H24N2O4. The Balaban J connectivity index is 2.22. The number of anilines is 1. The molecule has 1 aromatic carbocycles. The maximum absolute atomic E-state index is 11.9. The van der Waals surface area contributed by atoms with E-state index in [2.05, 4.69) is 5.32 Å². The van der Waals surface area contributed by atoms with Crippen LogP contribution in [0.25, 0.3) is 0 Å². The summed E-state index contributed by atoms with van der Waals surface area (Å²) in [5.74, 6) is 1.01. The second-order valence-electron chi connectivity index (χ2n) is 6.58. The molecule has 1 aliphatic rings. The smallest absolute Gasteiger partial charge is 0.412 e. The number of carbonyl (C=O) groups is 1. The second-order valence-corrected chi connectivity index (χ2v) is 6.58. The summed E-state index contributed by atoms with van der Waals surface area (Å²) in [7, 11) is 1.48. The van der Waals surface area contributed by atoms with Crippen LogP contribution in [0.1, 0.15) is 38.7 Å². The number of ether oxygens (including phenoxy) is 2. The summed E-state index contributed by atoms with van der Waals surface area (Å²) in [5, 5.41) is 12.7. The number of amides is 1. The molecule has 1 aliphatic carbocycles. The fourth-order valence-electron chi connectivity index (χ4n) is 2.42. The van der Waals surface area contributed by atoms with Crippen LogP contribution < -0.4 is 15.8 Å². The molecule has 1 amide bonds. The van der Waals surface area contributed by atoms with Crippen molar-refractivity contribution in [2.24, 2.45) is 11.7 Å². The van der Waals surface area contributed by atoms with E-state index in [1.54, 1.807) is 32.9 Å². The first-order chi connectivity index (χ1) is 10.2. The summed E-state index contributed by atoms with van der Waals surface area (Å²) >= 11 is 0. The van der Waals surface area contributed by atoms with Crippen molar-refractivity contribution >= 4 is 11.8 Å². The number of benzene rings is 1. The quantitative estimate of drug-likeness (QED) is 0.744. The molecule has 0 unspecified atom stereocenters. The van der Waals surface area contributed by atoms with Gasteiger partial charge in [-0.1, -0.05) is 0 Å². The van der Waals surface area contributed by atoms with Gasteiger partial charge in [-0.05, 0) is 63.3 Å². The van der Waals surface area contributed by atoms with Crippen LogP contribution in [0.15, 0.2) is 12.1 Å². The molecule has 0 saturated heterocycles. The van der Waals surface area contributed by atoms with E-state index in [-0.39, 0.29) is 11.4 Å². The average molecular weight is 308 g/mol. The van der Waals surface area contributed by atoms with Crippen LogP contribution in [0.3, 0.4) is 0 Å². The van der Waals surface area contributed by atoms with E-state index in [0.29, 0.717) is 24.1 Å². The average Bonchev–Trinajstić information content (AvgIpc) is 3.18. The van der Waals surface area contributed by atoms with Gasteiger partial charge in [0.2, 0.25) is 0 Å². The molecule has 0 bridgehead atoms. The Labute approximate surface area is 130 Å². The molecule has 1 fully saturated rings. The first-order valence-electron chi connectivity index (χ1n) is 7.36. The van der Waals surface area contributed by atoms with Crippen LogP contribution in [-0.2, 0) is 4.74 Å². The van der Waals surface area contributed by atoms with Crippen molar-refractivity contribution in [2.45, 2.75) is 38.7 Å². The predicted molar refractivity (Wildman–Crippen MR) is 84.4 cm³/mol. The zero-order valence-corrected chi connectivity index (χ0v) is 13.5. The molecule has 0 radical (unpaired) electrons. The zero-order valence-electron chi connectivity index (χ0n) is 13.5. The van der Waals surface area contributed by atoms with Crippen LogP contribution in [0.5, 0.6) is 11.5 Å². The van der Waals surface area contributed by atoms with Gasteiger partial charge in [-0.25, -0.2) is 4.79 Å². The highest BCUT2D eigenvalue weighted by atomic mass is 16.6. The minimum absolute atomic E-state index is 0.109. The Kier molecular flexibility index (Phi) is 4.51. The van der Waals surface area contributed by atoms with Crippen LogP contribution in [0.2, 0.25) is 0 Å². The Morgan fingerprint density at radius 3 is 2.64 bits per heavy atom. The van der Waals surface area contributed by atoms with E-state index >= 15 is 0 Å². The molecule has 1 aromatic rings. The summed E-state index contributed by atoms with van der Waals surface area (Å²) in [6, 6.07) is 3.54. The maximum Gasteiger partial charge on any atom is 0.412 e. The minimum atomic E-state index is -0.617. The lowest BCUT2D eigenvalue weighted by atomic mass is 10.1. The third-order valence-electron chi connectivity index (χ3n) is 3.61. The lowest BCUT2D eigenvalue weighted by molar-refractivity contribution is 0.0635. The normalized spacial score (nSPS) is 20.4. The van der Waals surface area contributed by atoms with Crippen LogP contribution in [-0.4, -0.2) is 30.5 Å². The van der Waals surface area contributed by atoms with Gasteiger partial charge in [0.05, 0.1) is 12.8 Å². The summed E-state index contributed by atoms with van der Waals surface area (Å²) in [4.78, 5) is 11.9. The van der Waals surface area contributed by atoms with Crippen LogP contribution >= 0.6 is 0 Å². The monoisotopic (exact) mass is 308 g/mol. The van der Waals surface area contributed by atoms with E-state index in [4.69, 9.17) is 15.2 Å². The van der Waals surface area contributed by atoms with E-state index in [1.807, 2.05) is 0 Å². The number of carbonyl (C=O) groups excluding carboxylic acids is 1. The number of phenolic OH excluding ortho intramolecular Hbond substituents is 1. The SMILES string of the molecule is COc1cc([C@@H]2C[C@H]2CN)cc(NC(=O)OC(C)(C)C)c1O. The fourth-order valence-corrected chi connectivity index (χ4v) is 2.42. The summed E-state index contributed by atoms with van der Waals surface area (Å²) in [6.45, 7) is 5.96. The standard InChI is InChI=1S/C16H24N2O4/c1-16(2,3)22-15(20)18-12-6-9(11-5-10(11)8-17)7-13(21-4)14(12)19/h6-7,10-11,19H,5,8,17H2,1-4H3,(H,18,20)/t10-,11-/m0/s1. The van der Waals surface area contributed by atoms with Crippen molar-refractivity contribution < 1.29 is 19.4 Å². The van der Waals surface area contributed by atoms with Gasteiger partial charge < -0.3 is 20.3 Å². The van der Waals surface area contributed by atoms with Crippen molar-refractivity contribution in [1.29, 1.82) is 0 Å². The number of aromatic hydroxyl groups is 1. The number of hydrogen-bond acceptors (Lipinski definition) is 5. The third kappa shape index (κ3) is 3.82. The number of nitrogens with one attached hydrogen (secondary N) is 1. The second kappa shape index (κ2) is 6.04. The maximum atomic E-state index is 11.9. The van der Waals surface area contributed by atoms with E-state index in [9.17, 15) is 9.90 Å². The van der Waals surface area contributed by atoms with Crippen molar-refractivity contribution in [3.05, 3.63) is 17.7 Å². The highest BCUT2D eigenvalue weighted by Crippen LogP contribution is 2.50. The number of hydrogen-bond donors (Lipinski definition) is 3. The highest BCUT2D eigenvalue weighted by molar-refractivity contribution is 5.88. The molecule has 0 aliphatic heterocycles. The third-order valence-corrected chi connectivity index (χ3v) is 3.61. The Hall–Kier alpha value is -1.95. The zero-order chi connectivity index (χ0) is 16.5. The lowest BCUT2D eigenvalue weighted by Gasteiger charge is -2.20. The van der Waals surface area contributed by atoms with Crippen LogP contribution in [0, 0.1) is 5.92 Å².